The van der Waals surface area contributed by atoms with Gasteiger partial charge in [0.25, 0.3) is 5.91 Å². The Morgan fingerprint density at radius 2 is 2.10 bits per heavy atom. The molecule has 2 aromatic rings. The molecule has 2 aromatic heterocycles. The van der Waals surface area contributed by atoms with Gasteiger partial charge in [-0.15, -0.1) is 0 Å². The Morgan fingerprint density at radius 1 is 1.38 bits per heavy atom. The van der Waals surface area contributed by atoms with E-state index in [1.807, 2.05) is 18.3 Å². The van der Waals surface area contributed by atoms with Crippen molar-refractivity contribution in [1.82, 2.24) is 19.8 Å². The fourth-order valence-corrected chi connectivity index (χ4v) is 3.72. The largest absolute Gasteiger partial charge is 0.302 e. The number of carbonyl (C=O) groups is 1. The number of hydrogen-bond donors (Lipinski definition) is 2. The number of fused-ring (bicyclic) bond motifs is 1. The molecule has 6 heteroatoms. The van der Waals surface area contributed by atoms with Crippen molar-refractivity contribution in [2.45, 2.75) is 66.3 Å². The molecule has 160 valence electrons. The van der Waals surface area contributed by atoms with Gasteiger partial charge in [-0.2, -0.15) is 0 Å². The smallest absolute Gasteiger partial charge is 0.267 e. The van der Waals surface area contributed by atoms with Crippen LogP contribution >= 0.6 is 0 Å². The first kappa shape index (κ1) is 23.1. The second-order valence-electron chi connectivity index (χ2n) is 8.88. The summed E-state index contributed by atoms with van der Waals surface area (Å²) in [5, 5.41) is 8.65. The van der Waals surface area contributed by atoms with E-state index in [9.17, 15) is 4.79 Å². The highest BCUT2D eigenvalue weighted by Gasteiger charge is 2.25. The van der Waals surface area contributed by atoms with Crippen molar-refractivity contribution in [3.8, 4) is 0 Å². The van der Waals surface area contributed by atoms with Crippen LogP contribution in [0.3, 0.4) is 0 Å². The van der Waals surface area contributed by atoms with Crippen molar-refractivity contribution in [2.24, 2.45) is 5.92 Å². The van der Waals surface area contributed by atoms with Crippen LogP contribution in [0.5, 0.6) is 0 Å². The maximum absolute atomic E-state index is 11.3. The maximum Gasteiger partial charge on any atom is 0.267 e. The number of pyridine rings is 1. The van der Waals surface area contributed by atoms with Crippen LogP contribution in [0.1, 0.15) is 71.3 Å². The Balaban J connectivity index is 2.41. The van der Waals surface area contributed by atoms with Gasteiger partial charge in [-0.25, -0.2) is 10.5 Å². The summed E-state index contributed by atoms with van der Waals surface area (Å²) in [6.07, 6.45) is 7.45. The van der Waals surface area contributed by atoms with Crippen molar-refractivity contribution in [3.05, 3.63) is 41.4 Å². The summed E-state index contributed by atoms with van der Waals surface area (Å²) >= 11 is 0. The molecule has 2 N–H and O–H groups in total. The third-order valence-corrected chi connectivity index (χ3v) is 5.17. The van der Waals surface area contributed by atoms with Gasteiger partial charge < -0.3 is 4.40 Å². The molecule has 0 aliphatic heterocycles. The van der Waals surface area contributed by atoms with Crippen LogP contribution < -0.4 is 5.48 Å². The predicted molar refractivity (Wildman–Crippen MR) is 118 cm³/mol. The van der Waals surface area contributed by atoms with Gasteiger partial charge in [-0.1, -0.05) is 48.0 Å². The first-order valence-electron chi connectivity index (χ1n) is 10.6. The third-order valence-electron chi connectivity index (χ3n) is 5.17. The number of hydrogen-bond acceptors (Lipinski definition) is 4. The summed E-state index contributed by atoms with van der Waals surface area (Å²) in [6, 6.07) is 3.93. The molecular formula is C23H36N4O2. The lowest BCUT2D eigenvalue weighted by Gasteiger charge is -2.26. The summed E-state index contributed by atoms with van der Waals surface area (Å²) in [5.74, 6) is 0.121. The van der Waals surface area contributed by atoms with E-state index in [4.69, 9.17) is 10.2 Å². The number of nitrogens with one attached hydrogen (secondary N) is 1. The summed E-state index contributed by atoms with van der Waals surface area (Å²) in [6.45, 7) is 16.3. The van der Waals surface area contributed by atoms with Gasteiger partial charge in [0.1, 0.15) is 5.65 Å². The van der Waals surface area contributed by atoms with Crippen LogP contribution in [-0.2, 0) is 16.8 Å². The molecule has 0 radical (unpaired) electrons. The fraction of sp³-hybridized carbons (Fsp3) is 0.565. The van der Waals surface area contributed by atoms with Gasteiger partial charge in [0, 0.05) is 30.8 Å². The maximum atomic E-state index is 11.3. The van der Waals surface area contributed by atoms with E-state index in [2.05, 4.69) is 50.8 Å². The van der Waals surface area contributed by atoms with Crippen molar-refractivity contribution < 1.29 is 10.0 Å². The van der Waals surface area contributed by atoms with E-state index in [1.54, 1.807) is 11.6 Å². The lowest BCUT2D eigenvalue weighted by Crippen LogP contribution is -2.30. The molecule has 6 nitrogen and oxygen atoms in total. The van der Waals surface area contributed by atoms with Crippen LogP contribution in [0.2, 0.25) is 0 Å². The molecule has 1 amide bonds. The van der Waals surface area contributed by atoms with E-state index in [-0.39, 0.29) is 5.41 Å². The number of aromatic nitrogens is 2. The molecule has 2 heterocycles. The molecule has 1 atom stereocenters. The van der Waals surface area contributed by atoms with Crippen molar-refractivity contribution in [1.29, 1.82) is 0 Å². The lowest BCUT2D eigenvalue weighted by molar-refractivity contribution is -0.124. The molecule has 2 rings (SSSR count). The third kappa shape index (κ3) is 6.15. The Morgan fingerprint density at radius 3 is 2.69 bits per heavy atom. The second-order valence-corrected chi connectivity index (χ2v) is 8.88. The fourth-order valence-electron chi connectivity index (χ4n) is 3.72. The number of imidazole rings is 1. The number of amides is 1. The zero-order chi connectivity index (χ0) is 21.6. The van der Waals surface area contributed by atoms with Crippen molar-refractivity contribution in [3.63, 3.8) is 0 Å². The minimum Gasteiger partial charge on any atom is -0.302 e. The Hall–Kier alpha value is -2.18. The molecule has 0 aliphatic rings. The van der Waals surface area contributed by atoms with E-state index < -0.39 is 5.91 Å². The van der Waals surface area contributed by atoms with E-state index in [0.717, 1.165) is 36.5 Å². The molecule has 0 saturated heterocycles. The molecule has 0 bridgehead atoms. The Kier molecular flexibility index (Phi) is 7.99. The van der Waals surface area contributed by atoms with Crippen LogP contribution in [0, 0.1) is 5.92 Å². The van der Waals surface area contributed by atoms with E-state index in [1.165, 1.54) is 24.6 Å². The summed E-state index contributed by atoms with van der Waals surface area (Å²) < 4.78 is 2.16. The summed E-state index contributed by atoms with van der Waals surface area (Å²) in [4.78, 5) is 18.7. The zero-order valence-corrected chi connectivity index (χ0v) is 18.7. The molecule has 0 saturated carbocycles. The quantitative estimate of drug-likeness (QED) is 0.372. The Labute approximate surface area is 174 Å². The minimum atomic E-state index is -0.552. The lowest BCUT2D eigenvalue weighted by atomic mass is 9.90. The molecule has 0 fully saturated rings. The first-order valence-corrected chi connectivity index (χ1v) is 10.6. The summed E-state index contributed by atoms with van der Waals surface area (Å²) in [7, 11) is 0. The number of hydroxylamine groups is 1. The molecule has 0 aliphatic carbocycles. The van der Waals surface area contributed by atoms with Gasteiger partial charge in [-0.3, -0.25) is 14.9 Å². The predicted octanol–water partition coefficient (Wildman–Crippen LogP) is 4.41. The molecule has 29 heavy (non-hydrogen) atoms. The molecular weight excluding hydrogens is 364 g/mol. The Bertz CT molecular complexity index is 848. The molecule has 0 spiro atoms. The van der Waals surface area contributed by atoms with Gasteiger partial charge in [-0.05, 0) is 42.7 Å². The second kappa shape index (κ2) is 10.0. The van der Waals surface area contributed by atoms with Gasteiger partial charge in [0.15, 0.2) is 0 Å². The van der Waals surface area contributed by atoms with Crippen LogP contribution in [0.4, 0.5) is 0 Å². The van der Waals surface area contributed by atoms with Crippen LogP contribution in [0.25, 0.3) is 11.7 Å². The first-order chi connectivity index (χ1) is 13.7. The van der Waals surface area contributed by atoms with Crippen LogP contribution in [0.15, 0.2) is 24.4 Å². The van der Waals surface area contributed by atoms with E-state index >= 15 is 0 Å². The average Bonchev–Trinajstić information content (AvgIpc) is 3.03. The highest BCUT2D eigenvalue weighted by molar-refractivity contribution is 5.90. The van der Waals surface area contributed by atoms with Crippen molar-refractivity contribution >= 4 is 17.6 Å². The highest BCUT2D eigenvalue weighted by atomic mass is 16.5. The molecule has 1 unspecified atom stereocenters. The topological polar surface area (TPSA) is 69.9 Å². The monoisotopic (exact) mass is 400 g/mol. The number of nitrogens with zero attached hydrogens (tertiary/aromatic N) is 3. The normalized spacial score (nSPS) is 13.5. The standard InChI is InChI=1S/C23H36N4O2/c1-7-9-17(3)15-26(8-2)16-19-22(23(4,5)6)24-20-14-18(12-13-27(19)20)10-11-21(28)25-29/h10-14,17,29H,7-9,15-16H2,1-6H3,(H,25,28)/b11-10+. The highest BCUT2D eigenvalue weighted by Crippen LogP contribution is 2.28. The van der Waals surface area contributed by atoms with Gasteiger partial charge in [0.05, 0.1) is 11.4 Å². The molecule has 0 aromatic carbocycles. The van der Waals surface area contributed by atoms with Crippen molar-refractivity contribution in [2.75, 3.05) is 13.1 Å². The van der Waals surface area contributed by atoms with Gasteiger partial charge in [0.2, 0.25) is 0 Å². The van der Waals surface area contributed by atoms with Crippen LogP contribution in [-0.4, -0.2) is 38.5 Å². The van der Waals surface area contributed by atoms with E-state index in [0.29, 0.717) is 5.92 Å². The number of carbonyl (C=O) groups excluding carboxylic acids is 1. The van der Waals surface area contributed by atoms with Gasteiger partial charge >= 0.3 is 0 Å². The minimum absolute atomic E-state index is 0.0669. The summed E-state index contributed by atoms with van der Waals surface area (Å²) in [5.41, 5.74) is 5.60. The SMILES string of the molecule is CCCC(C)CN(CC)Cc1c(C(C)(C)C)nc2cc(/C=C/C(=O)NO)ccn12. The number of rotatable bonds is 9. The average molecular weight is 401 g/mol. The zero-order valence-electron chi connectivity index (χ0n) is 18.7.